The SMILES string of the molecule is [2H]C([2H])([2H])[C@@H](O[C@H](C([2H])([2H])[2H])C([2H])([2H])C)C([2H])([2H])C. The van der Waals surface area contributed by atoms with Crippen molar-refractivity contribution in [3.63, 3.8) is 0 Å². The van der Waals surface area contributed by atoms with E-state index in [1.807, 2.05) is 0 Å². The maximum absolute atomic E-state index is 7.42. The van der Waals surface area contributed by atoms with E-state index in [-0.39, 0.29) is 0 Å². The lowest BCUT2D eigenvalue weighted by Crippen LogP contribution is -2.14. The summed E-state index contributed by atoms with van der Waals surface area (Å²) in [6, 6.07) is 0. The third-order valence-corrected chi connectivity index (χ3v) is 0.797. The van der Waals surface area contributed by atoms with Crippen LogP contribution >= 0.6 is 0 Å². The first-order valence-electron chi connectivity index (χ1n) is 7.63. The molecule has 0 fully saturated rings. The molecule has 0 aromatic heterocycles. The summed E-state index contributed by atoms with van der Waals surface area (Å²) in [6.07, 6.45) is -8.72. The Morgan fingerprint density at radius 1 is 1.33 bits per heavy atom. The highest BCUT2D eigenvalue weighted by molar-refractivity contribution is 4.50. The molecule has 9 heavy (non-hydrogen) atoms. The maximum atomic E-state index is 7.42. The Hall–Kier alpha value is -0.0400. The minimum Gasteiger partial charge on any atom is -0.376 e. The van der Waals surface area contributed by atoms with Crippen molar-refractivity contribution >= 4 is 0 Å². The summed E-state index contributed by atoms with van der Waals surface area (Å²) in [7, 11) is 0. The third-order valence-electron chi connectivity index (χ3n) is 0.797. The minimum absolute atomic E-state index is 0.950. The summed E-state index contributed by atoms with van der Waals surface area (Å²) in [5.41, 5.74) is 0. The first-order valence-corrected chi connectivity index (χ1v) is 2.63. The molecule has 0 spiro atoms. The largest absolute Gasteiger partial charge is 0.376 e. The molecule has 0 amide bonds. The highest BCUT2D eigenvalue weighted by Crippen LogP contribution is 2.03. The van der Waals surface area contributed by atoms with Gasteiger partial charge in [0.1, 0.15) is 0 Å². The zero-order valence-corrected chi connectivity index (χ0v) is 5.56. The van der Waals surface area contributed by atoms with Gasteiger partial charge in [-0.15, -0.1) is 0 Å². The fourth-order valence-corrected chi connectivity index (χ4v) is 0.272. The fraction of sp³-hybridized carbons (Fsp3) is 1.00. The van der Waals surface area contributed by atoms with Gasteiger partial charge in [-0.3, -0.25) is 0 Å². The van der Waals surface area contributed by atoms with Gasteiger partial charge in [0.25, 0.3) is 0 Å². The minimum atomic E-state index is -2.90. The molecule has 0 saturated carbocycles. The standard InChI is InChI=1S/C8H18O/c1-5-7(3)9-8(4)6-2/h7-8H,5-6H2,1-4H3/t7-,8-/m1/s1/i3D3,4D3,5D2,6D2. The van der Waals surface area contributed by atoms with Crippen molar-refractivity contribution in [1.29, 1.82) is 0 Å². The molecule has 0 aliphatic rings. The second kappa shape index (κ2) is 4.80. The van der Waals surface area contributed by atoms with Gasteiger partial charge in [-0.25, -0.2) is 0 Å². The van der Waals surface area contributed by atoms with Gasteiger partial charge in [0.05, 0.1) is 12.2 Å². The van der Waals surface area contributed by atoms with E-state index >= 15 is 0 Å². The van der Waals surface area contributed by atoms with Gasteiger partial charge in [-0.2, -0.15) is 0 Å². The Bertz CT molecular complexity index is 235. The summed E-state index contributed by atoms with van der Waals surface area (Å²) in [5.74, 6) is 0. The zero-order chi connectivity index (χ0) is 15.9. The first kappa shape index (κ1) is 1.76. The van der Waals surface area contributed by atoms with Gasteiger partial charge < -0.3 is 4.74 Å². The van der Waals surface area contributed by atoms with E-state index in [9.17, 15) is 0 Å². The van der Waals surface area contributed by atoms with E-state index in [2.05, 4.69) is 0 Å². The Balaban J connectivity index is 5.43. The lowest BCUT2D eigenvalue weighted by atomic mass is 10.3. The van der Waals surface area contributed by atoms with Crippen molar-refractivity contribution in [2.24, 2.45) is 0 Å². The molecular weight excluding hydrogens is 112 g/mol. The van der Waals surface area contributed by atoms with Crippen LogP contribution in [0.2, 0.25) is 0 Å². The molecule has 1 heteroatoms. The maximum Gasteiger partial charge on any atom is 0.0548 e. The molecule has 0 heterocycles. The fourth-order valence-electron chi connectivity index (χ4n) is 0.272. The smallest absolute Gasteiger partial charge is 0.0548 e. The molecule has 0 N–H and O–H groups in total. The van der Waals surface area contributed by atoms with Crippen molar-refractivity contribution in [3.05, 3.63) is 0 Å². The van der Waals surface area contributed by atoms with Crippen molar-refractivity contribution in [1.82, 2.24) is 0 Å². The quantitative estimate of drug-likeness (QED) is 0.583. The van der Waals surface area contributed by atoms with Crippen molar-refractivity contribution in [2.75, 3.05) is 0 Å². The molecule has 0 radical (unpaired) electrons. The summed E-state index contributed by atoms with van der Waals surface area (Å²) in [5, 5.41) is 0. The van der Waals surface area contributed by atoms with E-state index in [1.54, 1.807) is 0 Å². The topological polar surface area (TPSA) is 9.23 Å². The van der Waals surface area contributed by atoms with E-state index in [0.29, 0.717) is 0 Å². The average Bonchev–Trinajstić information content (AvgIpc) is 1.91. The van der Waals surface area contributed by atoms with Crippen molar-refractivity contribution in [2.45, 2.75) is 52.5 Å². The van der Waals surface area contributed by atoms with Gasteiger partial charge in [0.2, 0.25) is 0 Å². The van der Waals surface area contributed by atoms with Crippen LogP contribution in [0.1, 0.15) is 54.0 Å². The van der Waals surface area contributed by atoms with Crippen LogP contribution < -0.4 is 0 Å². The Kier molecular flexibility index (Phi) is 0.939. The molecule has 0 unspecified atom stereocenters. The van der Waals surface area contributed by atoms with Crippen LogP contribution in [0.25, 0.3) is 0 Å². The number of rotatable bonds is 4. The van der Waals surface area contributed by atoms with Crippen molar-refractivity contribution < 1.29 is 18.4 Å². The lowest BCUT2D eigenvalue weighted by molar-refractivity contribution is 0.00511. The van der Waals surface area contributed by atoms with Gasteiger partial charge in [0.15, 0.2) is 0 Å². The number of ether oxygens (including phenoxy) is 1. The molecule has 0 bridgehead atoms. The van der Waals surface area contributed by atoms with E-state index < -0.39 is 38.7 Å². The van der Waals surface area contributed by atoms with Crippen LogP contribution in [0.3, 0.4) is 0 Å². The third kappa shape index (κ3) is 4.46. The highest BCUT2D eigenvalue weighted by Gasteiger charge is 2.02. The summed E-state index contributed by atoms with van der Waals surface area (Å²) in [6.45, 7) is -3.89. The lowest BCUT2D eigenvalue weighted by Gasteiger charge is -2.15. The molecule has 2 atom stereocenters. The van der Waals surface area contributed by atoms with Crippen molar-refractivity contribution in [3.8, 4) is 0 Å². The van der Waals surface area contributed by atoms with Crippen LogP contribution in [-0.4, -0.2) is 12.2 Å². The Morgan fingerprint density at radius 2 is 1.78 bits per heavy atom. The molecule has 0 saturated heterocycles. The summed E-state index contributed by atoms with van der Waals surface area (Å²) >= 11 is 0. The Morgan fingerprint density at radius 3 is 2.00 bits per heavy atom. The van der Waals surface area contributed by atoms with Gasteiger partial charge >= 0.3 is 0 Å². The molecule has 0 aliphatic heterocycles. The van der Waals surface area contributed by atoms with Crippen LogP contribution in [0, 0.1) is 0 Å². The normalized spacial score (nSPS) is 39.8. The summed E-state index contributed by atoms with van der Waals surface area (Å²) < 4.78 is 77.8. The van der Waals surface area contributed by atoms with Gasteiger partial charge in [-0.1, -0.05) is 13.8 Å². The van der Waals surface area contributed by atoms with Gasteiger partial charge in [-0.05, 0) is 26.4 Å². The first-order chi connectivity index (χ1) is 7.97. The zero-order valence-electron chi connectivity index (χ0n) is 15.6. The molecule has 0 rings (SSSR count). The predicted octanol–water partition coefficient (Wildman–Crippen LogP) is 2.60. The monoisotopic (exact) mass is 140 g/mol. The number of hydrogen-bond acceptors (Lipinski definition) is 1. The molecular formula is C8H18O. The summed E-state index contributed by atoms with van der Waals surface area (Å²) in [4.78, 5) is 0. The van der Waals surface area contributed by atoms with Crippen LogP contribution in [0.15, 0.2) is 0 Å². The van der Waals surface area contributed by atoms with Gasteiger partial charge in [0, 0.05) is 13.7 Å². The van der Waals surface area contributed by atoms with E-state index in [1.165, 1.54) is 0 Å². The molecule has 0 aliphatic carbocycles. The van der Waals surface area contributed by atoms with E-state index in [0.717, 1.165) is 13.8 Å². The van der Waals surface area contributed by atoms with Crippen LogP contribution in [-0.2, 0) is 4.74 Å². The highest BCUT2D eigenvalue weighted by atomic mass is 16.5. The Labute approximate surface area is 72.5 Å². The molecule has 0 aromatic carbocycles. The van der Waals surface area contributed by atoms with E-state index in [4.69, 9.17) is 18.4 Å². The number of hydrogen-bond donors (Lipinski definition) is 0. The van der Waals surface area contributed by atoms with Crippen LogP contribution in [0.5, 0.6) is 0 Å². The average molecular weight is 140 g/mol. The second-order valence-corrected chi connectivity index (χ2v) is 1.47. The predicted molar refractivity (Wildman–Crippen MR) is 40.6 cm³/mol. The molecule has 0 aromatic rings. The second-order valence-electron chi connectivity index (χ2n) is 1.47. The molecule has 56 valence electrons. The van der Waals surface area contributed by atoms with Crippen LogP contribution in [0.4, 0.5) is 0 Å². The molecule has 1 nitrogen and oxygen atoms in total.